The molecule has 1 atom stereocenters. The smallest absolute Gasteiger partial charge is 0.344 e. The molecule has 4 rings (SSSR count). The number of hydrogen-bond donors (Lipinski definition) is 1. The fraction of sp³-hybridized carbons (Fsp3) is 0.111. The van der Waals surface area contributed by atoms with Gasteiger partial charge in [-0.2, -0.15) is 0 Å². The second-order valence-corrected chi connectivity index (χ2v) is 5.37. The largest absolute Gasteiger partial charge is 0.497 e. The van der Waals surface area contributed by atoms with Gasteiger partial charge in [-0.1, -0.05) is 29.4 Å². The summed E-state index contributed by atoms with van der Waals surface area (Å²) >= 11 is 0. The highest BCUT2D eigenvalue weighted by Crippen LogP contribution is 2.42. The van der Waals surface area contributed by atoms with Crippen LogP contribution in [-0.4, -0.2) is 18.2 Å². The van der Waals surface area contributed by atoms with Crippen LogP contribution in [-0.2, 0) is 0 Å². The summed E-state index contributed by atoms with van der Waals surface area (Å²) < 4.78 is 16.2. The van der Waals surface area contributed by atoms with E-state index in [-0.39, 0.29) is 5.90 Å². The van der Waals surface area contributed by atoms with Crippen LogP contribution in [0.2, 0.25) is 0 Å². The third kappa shape index (κ3) is 2.04. The first kappa shape index (κ1) is 14.3. The molecule has 6 nitrogen and oxygen atoms in total. The Kier molecular flexibility index (Phi) is 3.23. The minimum atomic E-state index is -0.628. The van der Waals surface area contributed by atoms with Crippen molar-refractivity contribution in [1.29, 1.82) is 0 Å². The van der Waals surface area contributed by atoms with Gasteiger partial charge in [0, 0.05) is 0 Å². The average Bonchev–Trinajstić information content (AvgIpc) is 3.02. The normalized spacial score (nSPS) is 17.7. The number of nitrogens with zero attached hydrogens (tertiary/aromatic N) is 1. The average molecular weight is 323 g/mol. The van der Waals surface area contributed by atoms with E-state index in [0.717, 1.165) is 5.56 Å². The van der Waals surface area contributed by atoms with Crippen LogP contribution in [0, 0.1) is 0 Å². The predicted octanol–water partition coefficient (Wildman–Crippen LogP) is 3.11. The number of para-hydroxylation sites is 1. The molecule has 0 fully saturated rings. The van der Waals surface area contributed by atoms with Crippen molar-refractivity contribution in [3.05, 3.63) is 70.1 Å². The van der Waals surface area contributed by atoms with Crippen LogP contribution in [0.15, 0.2) is 62.9 Å². The molecule has 3 aromatic rings. The van der Waals surface area contributed by atoms with Crippen LogP contribution in [0.1, 0.15) is 17.0 Å². The van der Waals surface area contributed by atoms with Gasteiger partial charge < -0.3 is 19.1 Å². The van der Waals surface area contributed by atoms with E-state index in [1.165, 1.54) is 0 Å². The summed E-state index contributed by atoms with van der Waals surface area (Å²) in [5, 5.41) is 13.2. The van der Waals surface area contributed by atoms with Crippen molar-refractivity contribution in [2.45, 2.75) is 5.92 Å². The van der Waals surface area contributed by atoms with E-state index in [9.17, 15) is 10.0 Å². The summed E-state index contributed by atoms with van der Waals surface area (Å²) in [5.74, 6) is 0.469. The molecule has 0 saturated heterocycles. The summed E-state index contributed by atoms with van der Waals surface area (Å²) in [5.41, 5.74) is 0.980. The van der Waals surface area contributed by atoms with E-state index in [1.54, 1.807) is 49.6 Å². The number of hydrogen-bond acceptors (Lipinski definition) is 6. The predicted molar refractivity (Wildman–Crippen MR) is 87.2 cm³/mol. The molecule has 24 heavy (non-hydrogen) atoms. The topological polar surface area (TPSA) is 81.3 Å². The van der Waals surface area contributed by atoms with Crippen molar-refractivity contribution >= 4 is 16.9 Å². The van der Waals surface area contributed by atoms with Crippen LogP contribution in [0.25, 0.3) is 11.0 Å². The van der Waals surface area contributed by atoms with Crippen molar-refractivity contribution in [1.82, 2.24) is 0 Å². The minimum absolute atomic E-state index is 0.0406. The molecule has 2 heterocycles. The zero-order chi connectivity index (χ0) is 16.7. The fourth-order valence-corrected chi connectivity index (χ4v) is 2.97. The lowest BCUT2D eigenvalue weighted by Gasteiger charge is -2.09. The van der Waals surface area contributed by atoms with Crippen molar-refractivity contribution in [3.8, 4) is 11.5 Å². The lowest BCUT2D eigenvalue weighted by molar-refractivity contribution is 0.303. The molecular weight excluding hydrogens is 310 g/mol. The number of oxime groups is 1. The summed E-state index contributed by atoms with van der Waals surface area (Å²) in [6.07, 6.45) is 0. The first-order valence-corrected chi connectivity index (χ1v) is 7.32. The van der Waals surface area contributed by atoms with Crippen LogP contribution in [0.3, 0.4) is 0 Å². The molecule has 0 unspecified atom stereocenters. The third-order valence-electron chi connectivity index (χ3n) is 4.09. The standard InChI is InChI=1S/C18H13NO5/c1-22-11-8-6-10(7-9-11)14-15-16(24-17(14)19-21)12-4-2-3-5-13(12)23-18(15)20/h2-9,14,21H,1H3/b19-17+/t14-/m0/s1. The Hall–Kier alpha value is -3.28. The third-order valence-corrected chi connectivity index (χ3v) is 4.09. The second-order valence-electron chi connectivity index (χ2n) is 5.37. The van der Waals surface area contributed by atoms with Crippen molar-refractivity contribution < 1.29 is 19.1 Å². The molecule has 1 N–H and O–H groups in total. The maximum Gasteiger partial charge on any atom is 0.344 e. The van der Waals surface area contributed by atoms with Gasteiger partial charge in [0.25, 0.3) is 0 Å². The quantitative estimate of drug-likeness (QED) is 0.445. The van der Waals surface area contributed by atoms with Crippen molar-refractivity contribution in [2.24, 2.45) is 5.16 Å². The Morgan fingerprint density at radius 1 is 1.12 bits per heavy atom. The van der Waals surface area contributed by atoms with Crippen LogP contribution in [0.5, 0.6) is 11.5 Å². The molecule has 0 bridgehead atoms. The molecule has 1 aliphatic rings. The molecule has 1 aliphatic heterocycles. The summed E-state index contributed by atoms with van der Waals surface area (Å²) in [6, 6.07) is 14.2. The van der Waals surface area contributed by atoms with E-state index in [4.69, 9.17) is 13.9 Å². The number of fused-ring (bicyclic) bond motifs is 3. The lowest BCUT2D eigenvalue weighted by Crippen LogP contribution is -2.16. The molecule has 1 aromatic heterocycles. The molecule has 0 radical (unpaired) electrons. The highest BCUT2D eigenvalue weighted by molar-refractivity contribution is 5.99. The van der Waals surface area contributed by atoms with Gasteiger partial charge in [-0.05, 0) is 29.8 Å². The molecule has 0 saturated carbocycles. The Morgan fingerprint density at radius 2 is 1.88 bits per heavy atom. The minimum Gasteiger partial charge on any atom is -0.497 e. The SMILES string of the molecule is COc1ccc([C@@H]2/C(=N\O)Oc3c2c(=O)oc2ccccc32)cc1. The summed E-state index contributed by atoms with van der Waals surface area (Å²) in [4.78, 5) is 12.5. The van der Waals surface area contributed by atoms with Crippen molar-refractivity contribution in [2.75, 3.05) is 7.11 Å². The van der Waals surface area contributed by atoms with Gasteiger partial charge >= 0.3 is 5.63 Å². The van der Waals surface area contributed by atoms with E-state index in [2.05, 4.69) is 5.16 Å². The highest BCUT2D eigenvalue weighted by atomic mass is 16.5. The highest BCUT2D eigenvalue weighted by Gasteiger charge is 2.38. The molecule has 2 aromatic carbocycles. The first-order chi connectivity index (χ1) is 11.7. The monoisotopic (exact) mass is 323 g/mol. The van der Waals surface area contributed by atoms with Gasteiger partial charge in [0.1, 0.15) is 11.3 Å². The maximum absolute atomic E-state index is 12.5. The summed E-state index contributed by atoms with van der Waals surface area (Å²) in [6.45, 7) is 0. The first-order valence-electron chi connectivity index (χ1n) is 7.32. The van der Waals surface area contributed by atoms with Crippen molar-refractivity contribution in [3.63, 3.8) is 0 Å². The number of benzene rings is 2. The number of rotatable bonds is 2. The van der Waals surface area contributed by atoms with Crippen LogP contribution >= 0.6 is 0 Å². The Balaban J connectivity index is 1.96. The van der Waals surface area contributed by atoms with Gasteiger partial charge in [-0.3, -0.25) is 0 Å². The molecule has 0 amide bonds. The van der Waals surface area contributed by atoms with Gasteiger partial charge in [0.05, 0.1) is 24.0 Å². The molecule has 0 aliphatic carbocycles. The van der Waals surface area contributed by atoms with Crippen LogP contribution < -0.4 is 15.1 Å². The molecule has 6 heteroatoms. The van der Waals surface area contributed by atoms with Gasteiger partial charge in [-0.15, -0.1) is 0 Å². The van der Waals surface area contributed by atoms with Gasteiger partial charge in [0.15, 0.2) is 5.75 Å². The Bertz CT molecular complexity index is 1000. The zero-order valence-electron chi connectivity index (χ0n) is 12.7. The number of ether oxygens (including phenoxy) is 2. The van der Waals surface area contributed by atoms with E-state index < -0.39 is 11.5 Å². The fourth-order valence-electron chi connectivity index (χ4n) is 2.97. The van der Waals surface area contributed by atoms with Crippen LogP contribution in [0.4, 0.5) is 0 Å². The van der Waals surface area contributed by atoms with Gasteiger partial charge in [0.2, 0.25) is 5.90 Å². The Morgan fingerprint density at radius 3 is 2.58 bits per heavy atom. The zero-order valence-corrected chi connectivity index (χ0v) is 12.7. The molecular formula is C18H13NO5. The van der Waals surface area contributed by atoms with E-state index in [1.807, 2.05) is 6.07 Å². The summed E-state index contributed by atoms with van der Waals surface area (Å²) in [7, 11) is 1.57. The molecule has 120 valence electrons. The van der Waals surface area contributed by atoms with Gasteiger partial charge in [-0.25, -0.2) is 4.79 Å². The molecule has 0 spiro atoms. The second kappa shape index (κ2) is 5.42. The maximum atomic E-state index is 12.5. The Labute approximate surface area is 136 Å². The lowest BCUT2D eigenvalue weighted by atomic mass is 9.93. The van der Waals surface area contributed by atoms with E-state index >= 15 is 0 Å². The number of methoxy groups -OCH3 is 1. The van der Waals surface area contributed by atoms with E-state index in [0.29, 0.717) is 28.0 Å².